The third kappa shape index (κ3) is 4.08. The number of anilines is 1. The van der Waals surface area contributed by atoms with E-state index in [0.717, 1.165) is 11.3 Å². The van der Waals surface area contributed by atoms with Crippen molar-refractivity contribution in [1.29, 1.82) is 0 Å². The number of benzene rings is 1. The van der Waals surface area contributed by atoms with Crippen molar-refractivity contribution in [2.24, 2.45) is 5.92 Å². The third-order valence-electron chi connectivity index (χ3n) is 4.27. The molecule has 1 aromatic carbocycles. The number of carbonyl (C=O) groups excluding carboxylic acids is 2. The Kier molecular flexibility index (Phi) is 5.32. The van der Waals surface area contributed by atoms with Gasteiger partial charge >= 0.3 is 5.97 Å². The van der Waals surface area contributed by atoms with Crippen LogP contribution in [-0.4, -0.2) is 40.9 Å². The molecule has 0 bridgehead atoms. The molecule has 26 heavy (non-hydrogen) atoms. The van der Waals surface area contributed by atoms with E-state index in [1.54, 1.807) is 11.0 Å². The molecule has 0 unspecified atom stereocenters. The highest BCUT2D eigenvalue weighted by atomic mass is 32.1. The largest absolute Gasteiger partial charge is 0.477 e. The molecule has 1 aliphatic heterocycles. The second kappa shape index (κ2) is 7.65. The highest BCUT2D eigenvalue weighted by Gasteiger charge is 2.28. The Bertz CT molecular complexity index is 843. The molecule has 0 spiro atoms. The summed E-state index contributed by atoms with van der Waals surface area (Å²) in [7, 11) is 0. The summed E-state index contributed by atoms with van der Waals surface area (Å²) in [6.45, 7) is 0.834. The van der Waals surface area contributed by atoms with E-state index in [1.165, 1.54) is 30.3 Å². The molecular weight excluding hydrogens is 359 g/mol. The van der Waals surface area contributed by atoms with E-state index >= 15 is 0 Å². The Morgan fingerprint density at radius 1 is 1.12 bits per heavy atom. The van der Waals surface area contributed by atoms with Crippen LogP contribution in [-0.2, 0) is 4.79 Å². The Balaban J connectivity index is 1.55. The smallest absolute Gasteiger partial charge is 0.345 e. The van der Waals surface area contributed by atoms with E-state index in [-0.39, 0.29) is 22.6 Å². The number of carbonyl (C=O) groups is 3. The first-order chi connectivity index (χ1) is 12.4. The average molecular weight is 376 g/mol. The van der Waals surface area contributed by atoms with Crippen molar-refractivity contribution in [3.8, 4) is 0 Å². The number of carboxylic acids is 1. The first-order valence-corrected chi connectivity index (χ1v) is 8.94. The van der Waals surface area contributed by atoms with Crippen LogP contribution in [0.4, 0.5) is 10.1 Å². The molecule has 6 nitrogen and oxygen atoms in total. The predicted molar refractivity (Wildman–Crippen MR) is 94.9 cm³/mol. The molecule has 3 rings (SSSR count). The van der Waals surface area contributed by atoms with Crippen LogP contribution in [0.1, 0.15) is 32.2 Å². The van der Waals surface area contributed by atoms with Crippen molar-refractivity contribution in [2.45, 2.75) is 12.8 Å². The van der Waals surface area contributed by atoms with Gasteiger partial charge in [0, 0.05) is 24.7 Å². The Labute approximate surface area is 153 Å². The van der Waals surface area contributed by atoms with Gasteiger partial charge < -0.3 is 15.3 Å². The quantitative estimate of drug-likeness (QED) is 0.859. The lowest BCUT2D eigenvalue weighted by Gasteiger charge is -2.31. The third-order valence-corrected chi connectivity index (χ3v) is 5.33. The minimum absolute atomic E-state index is 0.123. The maximum atomic E-state index is 13.2. The van der Waals surface area contributed by atoms with Crippen molar-refractivity contribution in [3.63, 3.8) is 0 Å². The van der Waals surface area contributed by atoms with Crippen molar-refractivity contribution in [1.82, 2.24) is 4.90 Å². The Morgan fingerprint density at radius 2 is 1.81 bits per heavy atom. The lowest BCUT2D eigenvalue weighted by Crippen LogP contribution is -2.41. The number of nitrogens with one attached hydrogen (secondary N) is 1. The van der Waals surface area contributed by atoms with Crippen molar-refractivity contribution >= 4 is 34.8 Å². The average Bonchev–Trinajstić information content (AvgIpc) is 3.12. The standard InChI is InChI=1S/C18H17FN2O4S/c19-12-2-1-3-13(10-12)20-16(22)11-6-8-21(9-7-11)17(23)14-4-5-15(26-14)18(24)25/h1-5,10-11H,6-9H2,(H,20,22)(H,24,25). The minimum atomic E-state index is -1.05. The zero-order chi connectivity index (χ0) is 18.7. The van der Waals surface area contributed by atoms with E-state index in [2.05, 4.69) is 5.32 Å². The van der Waals surface area contributed by atoms with Crippen molar-refractivity contribution < 1.29 is 23.9 Å². The molecule has 2 N–H and O–H groups in total. The topological polar surface area (TPSA) is 86.7 Å². The van der Waals surface area contributed by atoms with Crippen LogP contribution in [0.25, 0.3) is 0 Å². The van der Waals surface area contributed by atoms with E-state index < -0.39 is 11.8 Å². The second-order valence-corrected chi connectivity index (χ2v) is 7.12. The highest BCUT2D eigenvalue weighted by molar-refractivity contribution is 7.15. The van der Waals surface area contributed by atoms with E-state index in [4.69, 9.17) is 5.11 Å². The number of carboxylic acid groups (broad SMARTS) is 1. The number of aromatic carboxylic acids is 1. The molecule has 0 saturated carbocycles. The maximum absolute atomic E-state index is 13.2. The molecular formula is C18H17FN2O4S. The van der Waals surface area contributed by atoms with Crippen molar-refractivity contribution in [2.75, 3.05) is 18.4 Å². The number of hydrogen-bond acceptors (Lipinski definition) is 4. The predicted octanol–water partition coefficient (Wildman–Crippen LogP) is 3.08. The second-order valence-electron chi connectivity index (χ2n) is 6.04. The minimum Gasteiger partial charge on any atom is -0.477 e. The maximum Gasteiger partial charge on any atom is 0.345 e. The molecule has 1 aromatic heterocycles. The molecule has 2 aromatic rings. The van der Waals surface area contributed by atoms with Crippen LogP contribution in [0.3, 0.4) is 0 Å². The summed E-state index contributed by atoms with van der Waals surface area (Å²) in [6.07, 6.45) is 1.01. The van der Waals surface area contributed by atoms with Gasteiger partial charge in [-0.25, -0.2) is 9.18 Å². The molecule has 2 amide bonds. The summed E-state index contributed by atoms with van der Waals surface area (Å²) in [5, 5.41) is 11.6. The number of piperidine rings is 1. The molecule has 0 aliphatic carbocycles. The number of amides is 2. The Morgan fingerprint density at radius 3 is 2.42 bits per heavy atom. The zero-order valence-corrected chi connectivity index (χ0v) is 14.6. The van der Waals surface area contributed by atoms with Gasteiger partial charge in [0.1, 0.15) is 10.7 Å². The summed E-state index contributed by atoms with van der Waals surface area (Å²) in [4.78, 5) is 37.8. The Hall–Kier alpha value is -2.74. The van der Waals surface area contributed by atoms with E-state index in [0.29, 0.717) is 36.5 Å². The van der Waals surface area contributed by atoms with Gasteiger partial charge in [-0.15, -0.1) is 11.3 Å². The normalized spacial score (nSPS) is 14.9. The zero-order valence-electron chi connectivity index (χ0n) is 13.8. The summed E-state index contributed by atoms with van der Waals surface area (Å²) in [5.74, 6) is -2.12. The van der Waals surface area contributed by atoms with Gasteiger partial charge in [0.15, 0.2) is 0 Å². The number of rotatable bonds is 4. The van der Waals surface area contributed by atoms with E-state index in [1.807, 2.05) is 0 Å². The molecule has 8 heteroatoms. The molecule has 2 heterocycles. The SMILES string of the molecule is O=C(O)c1ccc(C(=O)N2CCC(C(=O)Nc3cccc(F)c3)CC2)s1. The molecule has 1 aliphatic rings. The lowest BCUT2D eigenvalue weighted by atomic mass is 9.95. The first kappa shape index (κ1) is 18.1. The van der Waals surface area contributed by atoms with Gasteiger partial charge in [0.2, 0.25) is 5.91 Å². The van der Waals surface area contributed by atoms with Gasteiger partial charge in [0.25, 0.3) is 5.91 Å². The van der Waals surface area contributed by atoms with Crippen LogP contribution in [0.15, 0.2) is 36.4 Å². The van der Waals surface area contributed by atoms with Gasteiger partial charge in [-0.2, -0.15) is 0 Å². The highest BCUT2D eigenvalue weighted by Crippen LogP contribution is 2.24. The summed E-state index contributed by atoms with van der Waals surface area (Å²) < 4.78 is 13.2. The fraction of sp³-hybridized carbons (Fsp3) is 0.278. The number of likely N-dealkylation sites (tertiary alicyclic amines) is 1. The molecule has 0 atom stereocenters. The van der Waals surface area contributed by atoms with Crippen LogP contribution < -0.4 is 5.32 Å². The van der Waals surface area contributed by atoms with Gasteiger partial charge in [-0.1, -0.05) is 6.07 Å². The van der Waals surface area contributed by atoms with Crippen molar-refractivity contribution in [3.05, 3.63) is 52.0 Å². The lowest BCUT2D eigenvalue weighted by molar-refractivity contribution is -0.121. The fourth-order valence-corrected chi connectivity index (χ4v) is 3.69. The summed E-state index contributed by atoms with van der Waals surface area (Å²) >= 11 is 0.947. The molecule has 1 fully saturated rings. The first-order valence-electron chi connectivity index (χ1n) is 8.13. The summed E-state index contributed by atoms with van der Waals surface area (Å²) in [6, 6.07) is 8.64. The van der Waals surface area contributed by atoms with Crippen LogP contribution in [0.5, 0.6) is 0 Å². The van der Waals surface area contributed by atoms with Crippen LogP contribution in [0, 0.1) is 11.7 Å². The molecule has 0 radical (unpaired) electrons. The van der Waals surface area contributed by atoms with Gasteiger partial charge in [0.05, 0.1) is 4.88 Å². The fourth-order valence-electron chi connectivity index (χ4n) is 2.88. The number of thiophene rings is 1. The van der Waals surface area contributed by atoms with Gasteiger partial charge in [-0.05, 0) is 43.2 Å². The number of nitrogens with zero attached hydrogens (tertiary/aromatic N) is 1. The summed E-state index contributed by atoms with van der Waals surface area (Å²) in [5.41, 5.74) is 0.410. The monoisotopic (exact) mass is 376 g/mol. The van der Waals surface area contributed by atoms with Gasteiger partial charge in [-0.3, -0.25) is 9.59 Å². The molecule has 1 saturated heterocycles. The van der Waals surface area contributed by atoms with Crippen LogP contribution >= 0.6 is 11.3 Å². The molecule has 136 valence electrons. The number of halogens is 1. The van der Waals surface area contributed by atoms with E-state index in [9.17, 15) is 18.8 Å². The number of hydrogen-bond donors (Lipinski definition) is 2. The van der Waals surface area contributed by atoms with Crippen LogP contribution in [0.2, 0.25) is 0 Å².